The van der Waals surface area contributed by atoms with Crippen molar-refractivity contribution in [2.24, 2.45) is 0 Å². The van der Waals surface area contributed by atoms with Gasteiger partial charge in [-0.3, -0.25) is 4.79 Å². The Morgan fingerprint density at radius 2 is 2.06 bits per heavy atom. The number of carbonyl (C=O) groups excluding carboxylic acids is 1. The largest absolute Gasteiger partial charge is 0.475 e. The average molecular weight is 225 g/mol. The Labute approximate surface area is 93.4 Å². The van der Waals surface area contributed by atoms with E-state index < -0.39 is 5.97 Å². The molecule has 0 bridgehead atoms. The molecular formula is C11H15NO4. The molecule has 2 N–H and O–H groups in total. The van der Waals surface area contributed by atoms with Gasteiger partial charge >= 0.3 is 5.97 Å². The van der Waals surface area contributed by atoms with Crippen LogP contribution in [-0.2, 0) is 0 Å². The highest BCUT2D eigenvalue weighted by Crippen LogP contribution is 2.08. The van der Waals surface area contributed by atoms with Gasteiger partial charge in [0, 0.05) is 6.04 Å². The molecule has 1 rings (SSSR count). The zero-order chi connectivity index (χ0) is 12.1. The molecule has 1 atom stereocenters. The molecule has 0 saturated carbocycles. The molecule has 0 aliphatic rings. The van der Waals surface area contributed by atoms with Gasteiger partial charge in [0.2, 0.25) is 5.76 Å². The van der Waals surface area contributed by atoms with E-state index in [9.17, 15) is 9.59 Å². The van der Waals surface area contributed by atoms with Gasteiger partial charge in [-0.1, -0.05) is 13.3 Å². The summed E-state index contributed by atoms with van der Waals surface area (Å²) in [5.74, 6) is -1.76. The molecule has 1 unspecified atom stereocenters. The highest BCUT2D eigenvalue weighted by molar-refractivity contribution is 5.93. The van der Waals surface area contributed by atoms with Crippen molar-refractivity contribution in [2.45, 2.75) is 32.7 Å². The van der Waals surface area contributed by atoms with E-state index >= 15 is 0 Å². The molecule has 0 radical (unpaired) electrons. The first-order valence-corrected chi connectivity index (χ1v) is 5.18. The van der Waals surface area contributed by atoms with Crippen LogP contribution in [0.1, 0.15) is 47.8 Å². The predicted octanol–water partition coefficient (Wildman–Crippen LogP) is 1.90. The fourth-order valence-corrected chi connectivity index (χ4v) is 1.37. The molecule has 1 heterocycles. The lowest BCUT2D eigenvalue weighted by atomic mass is 10.2. The topological polar surface area (TPSA) is 79.5 Å². The van der Waals surface area contributed by atoms with E-state index in [1.807, 2.05) is 13.8 Å². The van der Waals surface area contributed by atoms with Crippen molar-refractivity contribution >= 4 is 11.9 Å². The van der Waals surface area contributed by atoms with Gasteiger partial charge in [0.05, 0.1) is 0 Å². The summed E-state index contributed by atoms with van der Waals surface area (Å²) in [6.45, 7) is 3.92. The first kappa shape index (κ1) is 12.3. The van der Waals surface area contributed by atoms with Crippen LogP contribution in [-0.4, -0.2) is 23.0 Å². The van der Waals surface area contributed by atoms with Gasteiger partial charge in [-0.15, -0.1) is 0 Å². The highest BCUT2D eigenvalue weighted by atomic mass is 16.4. The molecule has 16 heavy (non-hydrogen) atoms. The van der Waals surface area contributed by atoms with E-state index in [2.05, 4.69) is 5.32 Å². The van der Waals surface area contributed by atoms with E-state index in [0.29, 0.717) is 0 Å². The molecule has 1 aromatic rings. The van der Waals surface area contributed by atoms with E-state index in [-0.39, 0.29) is 23.5 Å². The summed E-state index contributed by atoms with van der Waals surface area (Å²) in [5.41, 5.74) is 0. The molecule has 1 amide bonds. The number of rotatable bonds is 5. The summed E-state index contributed by atoms with van der Waals surface area (Å²) in [7, 11) is 0. The summed E-state index contributed by atoms with van der Waals surface area (Å²) in [5, 5.41) is 11.3. The molecule has 0 aromatic carbocycles. The van der Waals surface area contributed by atoms with Crippen LogP contribution in [0.3, 0.4) is 0 Å². The average Bonchev–Trinajstić information content (AvgIpc) is 2.66. The van der Waals surface area contributed by atoms with E-state index in [0.717, 1.165) is 12.8 Å². The van der Waals surface area contributed by atoms with Crippen molar-refractivity contribution in [3.05, 3.63) is 23.7 Å². The van der Waals surface area contributed by atoms with E-state index in [1.165, 1.54) is 12.1 Å². The van der Waals surface area contributed by atoms with Crippen LogP contribution in [0.5, 0.6) is 0 Å². The Balaban J connectivity index is 2.62. The second kappa shape index (κ2) is 5.34. The lowest BCUT2D eigenvalue weighted by Gasteiger charge is -2.10. The molecule has 5 nitrogen and oxygen atoms in total. The lowest BCUT2D eigenvalue weighted by molar-refractivity contribution is 0.0659. The number of carboxylic acid groups (broad SMARTS) is 1. The Morgan fingerprint density at radius 1 is 1.44 bits per heavy atom. The number of nitrogens with one attached hydrogen (secondary N) is 1. The second-order valence-corrected chi connectivity index (χ2v) is 3.63. The Morgan fingerprint density at radius 3 is 2.56 bits per heavy atom. The molecule has 0 spiro atoms. The van der Waals surface area contributed by atoms with Gasteiger partial charge in [0.15, 0.2) is 5.76 Å². The van der Waals surface area contributed by atoms with Crippen LogP contribution in [0.15, 0.2) is 16.5 Å². The third-order valence-corrected chi connectivity index (χ3v) is 2.14. The maximum absolute atomic E-state index is 11.6. The third kappa shape index (κ3) is 3.12. The third-order valence-electron chi connectivity index (χ3n) is 2.14. The second-order valence-electron chi connectivity index (χ2n) is 3.63. The standard InChI is InChI=1S/C11H15NO4/c1-3-4-7(2)12-10(13)8-5-6-9(16-8)11(14)15/h5-7H,3-4H2,1-2H3,(H,12,13)(H,14,15). The van der Waals surface area contributed by atoms with Crippen molar-refractivity contribution in [1.29, 1.82) is 0 Å². The minimum atomic E-state index is -1.18. The predicted molar refractivity (Wildman–Crippen MR) is 57.5 cm³/mol. The number of furan rings is 1. The number of hydrogen-bond acceptors (Lipinski definition) is 3. The molecule has 5 heteroatoms. The van der Waals surface area contributed by atoms with Gasteiger partial charge < -0.3 is 14.8 Å². The molecule has 1 aromatic heterocycles. The minimum absolute atomic E-state index is 0.0281. The normalized spacial score (nSPS) is 12.1. The molecule has 0 aliphatic carbocycles. The Hall–Kier alpha value is -1.78. The summed E-state index contributed by atoms with van der Waals surface area (Å²) < 4.78 is 4.87. The Kier molecular flexibility index (Phi) is 4.10. The SMILES string of the molecule is CCCC(C)NC(=O)c1ccc(C(=O)O)o1. The number of carboxylic acids is 1. The van der Waals surface area contributed by atoms with Gasteiger partial charge in [-0.2, -0.15) is 0 Å². The zero-order valence-corrected chi connectivity index (χ0v) is 9.32. The number of carbonyl (C=O) groups is 2. The maximum atomic E-state index is 11.6. The van der Waals surface area contributed by atoms with Crippen LogP contribution in [0.2, 0.25) is 0 Å². The van der Waals surface area contributed by atoms with Crippen LogP contribution in [0, 0.1) is 0 Å². The summed E-state index contributed by atoms with van der Waals surface area (Å²) in [6.07, 6.45) is 1.85. The van der Waals surface area contributed by atoms with Crippen LogP contribution >= 0.6 is 0 Å². The van der Waals surface area contributed by atoms with Gasteiger partial charge in [0.1, 0.15) is 0 Å². The van der Waals surface area contributed by atoms with E-state index in [4.69, 9.17) is 9.52 Å². The van der Waals surface area contributed by atoms with Gasteiger partial charge in [0.25, 0.3) is 5.91 Å². The highest BCUT2D eigenvalue weighted by Gasteiger charge is 2.15. The van der Waals surface area contributed by atoms with Crippen LogP contribution in [0.4, 0.5) is 0 Å². The fraction of sp³-hybridized carbons (Fsp3) is 0.455. The van der Waals surface area contributed by atoms with Crippen LogP contribution < -0.4 is 5.32 Å². The van der Waals surface area contributed by atoms with Crippen LogP contribution in [0.25, 0.3) is 0 Å². The number of hydrogen-bond donors (Lipinski definition) is 2. The first-order chi connectivity index (χ1) is 7.54. The monoisotopic (exact) mass is 225 g/mol. The maximum Gasteiger partial charge on any atom is 0.371 e. The summed E-state index contributed by atoms with van der Waals surface area (Å²) in [6, 6.07) is 2.68. The van der Waals surface area contributed by atoms with Crippen molar-refractivity contribution in [2.75, 3.05) is 0 Å². The first-order valence-electron chi connectivity index (χ1n) is 5.18. The minimum Gasteiger partial charge on any atom is -0.475 e. The van der Waals surface area contributed by atoms with Crippen molar-refractivity contribution in [3.8, 4) is 0 Å². The summed E-state index contributed by atoms with van der Waals surface area (Å²) in [4.78, 5) is 22.1. The smallest absolute Gasteiger partial charge is 0.371 e. The van der Waals surface area contributed by atoms with E-state index in [1.54, 1.807) is 0 Å². The molecule has 0 saturated heterocycles. The fourth-order valence-electron chi connectivity index (χ4n) is 1.37. The van der Waals surface area contributed by atoms with Crippen molar-refractivity contribution in [1.82, 2.24) is 5.32 Å². The van der Waals surface area contributed by atoms with Crippen molar-refractivity contribution in [3.63, 3.8) is 0 Å². The molecule has 0 aliphatic heterocycles. The zero-order valence-electron chi connectivity index (χ0n) is 9.32. The van der Waals surface area contributed by atoms with Crippen molar-refractivity contribution < 1.29 is 19.1 Å². The quantitative estimate of drug-likeness (QED) is 0.802. The van der Waals surface area contributed by atoms with Gasteiger partial charge in [-0.05, 0) is 25.5 Å². The number of aromatic carboxylic acids is 1. The molecule has 0 fully saturated rings. The number of amides is 1. The lowest BCUT2D eigenvalue weighted by Crippen LogP contribution is -2.32. The summed E-state index contributed by atoms with van der Waals surface area (Å²) >= 11 is 0. The van der Waals surface area contributed by atoms with Gasteiger partial charge in [-0.25, -0.2) is 4.79 Å². The Bertz CT molecular complexity index is 383. The molecular weight excluding hydrogens is 210 g/mol. The molecule has 88 valence electrons.